The Morgan fingerprint density at radius 3 is 2.47 bits per heavy atom. The molecule has 4 amide bonds. The lowest BCUT2D eigenvalue weighted by molar-refractivity contribution is -0.120. The molecule has 3 aromatic heterocycles. The highest BCUT2D eigenvalue weighted by Gasteiger charge is 2.28. The van der Waals surface area contributed by atoms with Gasteiger partial charge in [-0.1, -0.05) is 56.3 Å². The number of benzene rings is 3. The molecule has 6 heterocycles. The van der Waals surface area contributed by atoms with Gasteiger partial charge in [0, 0.05) is 78.9 Å². The molecule has 3 N–H and O–H groups in total. The first-order chi connectivity index (χ1) is 28.9. The van der Waals surface area contributed by atoms with Gasteiger partial charge in [0.2, 0.25) is 5.91 Å². The van der Waals surface area contributed by atoms with E-state index in [9.17, 15) is 14.4 Å². The van der Waals surface area contributed by atoms with Gasteiger partial charge in [-0.2, -0.15) is 4.98 Å². The third kappa shape index (κ3) is 7.74. The van der Waals surface area contributed by atoms with Crippen molar-refractivity contribution in [3.05, 3.63) is 101 Å². The SMILES string of the molecule is Cc1cc(-c2ncnc3[nH]c4cc(C5=CCN(CC6CCN(c7ccc(N8CCC(=O)NC8=O)cc7)CC6)C5)ccc4c23)ccc1[C@@H](C)NC(=O)c1nc(C(C)(C)C)no1. The second kappa shape index (κ2) is 15.6. The zero-order valence-corrected chi connectivity index (χ0v) is 34.7. The van der Waals surface area contributed by atoms with Crippen molar-refractivity contribution in [2.24, 2.45) is 5.92 Å². The molecule has 0 aliphatic carbocycles. The van der Waals surface area contributed by atoms with Crippen LogP contribution in [-0.2, 0) is 10.2 Å². The summed E-state index contributed by atoms with van der Waals surface area (Å²) in [5, 5.41) is 11.4. The summed E-state index contributed by atoms with van der Waals surface area (Å²) in [4.78, 5) is 60.6. The molecule has 0 radical (unpaired) electrons. The molecular weight excluding hydrogens is 757 g/mol. The number of hydrogen-bond donors (Lipinski definition) is 3. The summed E-state index contributed by atoms with van der Waals surface area (Å²) in [6.45, 7) is 15.2. The normalized spacial score (nSPS) is 17.4. The van der Waals surface area contributed by atoms with Crippen LogP contribution in [0.1, 0.15) is 86.2 Å². The Morgan fingerprint density at radius 2 is 1.73 bits per heavy atom. The van der Waals surface area contributed by atoms with Crippen molar-refractivity contribution in [1.29, 1.82) is 0 Å². The van der Waals surface area contributed by atoms with Crippen LogP contribution in [0.2, 0.25) is 0 Å². The molecule has 1 atom stereocenters. The lowest BCUT2D eigenvalue weighted by Crippen LogP contribution is -2.49. The van der Waals surface area contributed by atoms with Crippen molar-refractivity contribution >= 4 is 56.7 Å². The average molecular weight is 807 g/mol. The first-order valence-electron chi connectivity index (χ1n) is 20.8. The van der Waals surface area contributed by atoms with E-state index in [1.807, 2.05) is 58.9 Å². The molecule has 60 heavy (non-hydrogen) atoms. The van der Waals surface area contributed by atoms with Crippen LogP contribution in [0, 0.1) is 12.8 Å². The molecule has 9 rings (SSSR count). The summed E-state index contributed by atoms with van der Waals surface area (Å²) in [7, 11) is 0. The van der Waals surface area contributed by atoms with E-state index in [-0.39, 0.29) is 29.3 Å². The predicted molar refractivity (Wildman–Crippen MR) is 232 cm³/mol. The molecule has 0 bridgehead atoms. The average Bonchev–Trinajstić information content (AvgIpc) is 4.00. The Balaban J connectivity index is 0.822. The second-order valence-corrected chi connectivity index (χ2v) is 17.4. The maximum absolute atomic E-state index is 13.0. The Labute approximate surface area is 348 Å². The molecule has 308 valence electrons. The fourth-order valence-corrected chi connectivity index (χ4v) is 8.76. The van der Waals surface area contributed by atoms with E-state index in [0.29, 0.717) is 24.7 Å². The number of urea groups is 1. The van der Waals surface area contributed by atoms with E-state index < -0.39 is 5.91 Å². The van der Waals surface area contributed by atoms with Gasteiger partial charge in [0.25, 0.3) is 0 Å². The highest BCUT2D eigenvalue weighted by molar-refractivity contribution is 6.12. The van der Waals surface area contributed by atoms with Gasteiger partial charge in [0.15, 0.2) is 5.82 Å². The van der Waals surface area contributed by atoms with E-state index in [2.05, 4.69) is 83.0 Å². The van der Waals surface area contributed by atoms with Gasteiger partial charge >= 0.3 is 17.8 Å². The maximum Gasteiger partial charge on any atom is 0.328 e. The number of nitrogens with zero attached hydrogens (tertiary/aromatic N) is 7. The number of anilines is 2. The highest BCUT2D eigenvalue weighted by atomic mass is 16.5. The molecule has 0 saturated carbocycles. The van der Waals surface area contributed by atoms with Gasteiger partial charge in [-0.3, -0.25) is 24.7 Å². The number of nitrogens with one attached hydrogen (secondary N) is 3. The van der Waals surface area contributed by atoms with Crippen LogP contribution in [0.25, 0.3) is 38.8 Å². The molecule has 14 heteroatoms. The molecule has 3 aliphatic rings. The third-order valence-corrected chi connectivity index (χ3v) is 12.1. The number of carbonyl (C=O) groups excluding carboxylic acids is 3. The summed E-state index contributed by atoms with van der Waals surface area (Å²) < 4.78 is 5.26. The van der Waals surface area contributed by atoms with Crippen molar-refractivity contribution in [2.75, 3.05) is 49.1 Å². The number of imide groups is 1. The lowest BCUT2D eigenvalue weighted by Gasteiger charge is -2.35. The Morgan fingerprint density at radius 1 is 0.967 bits per heavy atom. The number of aryl methyl sites for hydroxylation is 1. The van der Waals surface area contributed by atoms with E-state index in [4.69, 9.17) is 9.51 Å². The number of hydrogen-bond acceptors (Lipinski definition) is 10. The number of H-pyrrole nitrogens is 1. The Hall–Kier alpha value is -6.41. The second-order valence-electron chi connectivity index (χ2n) is 17.4. The van der Waals surface area contributed by atoms with E-state index in [0.717, 1.165) is 95.6 Å². The van der Waals surface area contributed by atoms with Gasteiger partial charge in [-0.15, -0.1) is 0 Å². The molecule has 3 aliphatic heterocycles. The number of amides is 4. The number of piperidine rings is 1. The Bertz CT molecular complexity index is 2650. The molecule has 3 aromatic carbocycles. The quantitative estimate of drug-likeness (QED) is 0.135. The molecule has 2 saturated heterocycles. The van der Waals surface area contributed by atoms with Crippen molar-refractivity contribution in [1.82, 2.24) is 40.6 Å². The summed E-state index contributed by atoms with van der Waals surface area (Å²) in [6.07, 6.45) is 6.55. The van der Waals surface area contributed by atoms with Crippen molar-refractivity contribution in [3.8, 4) is 11.3 Å². The van der Waals surface area contributed by atoms with E-state index >= 15 is 0 Å². The summed E-state index contributed by atoms with van der Waals surface area (Å²) in [5.41, 5.74) is 9.85. The minimum atomic E-state index is -0.406. The van der Waals surface area contributed by atoms with Crippen molar-refractivity contribution in [3.63, 3.8) is 0 Å². The fraction of sp³-hybridized carbons (Fsp3) is 0.370. The number of carbonyl (C=O) groups is 3. The van der Waals surface area contributed by atoms with Crippen LogP contribution < -0.4 is 20.4 Å². The van der Waals surface area contributed by atoms with Gasteiger partial charge in [0.05, 0.1) is 17.1 Å². The van der Waals surface area contributed by atoms with Crippen LogP contribution in [0.15, 0.2) is 77.6 Å². The largest absolute Gasteiger partial charge is 0.372 e. The van der Waals surface area contributed by atoms with Gasteiger partial charge < -0.3 is 19.7 Å². The minimum Gasteiger partial charge on any atom is -0.372 e. The number of aromatic amines is 1. The van der Waals surface area contributed by atoms with Gasteiger partial charge in [0.1, 0.15) is 12.0 Å². The van der Waals surface area contributed by atoms with Crippen LogP contribution in [0.4, 0.5) is 16.2 Å². The molecule has 6 aromatic rings. The number of rotatable bonds is 9. The summed E-state index contributed by atoms with van der Waals surface area (Å²) >= 11 is 0. The zero-order chi connectivity index (χ0) is 41.7. The molecule has 14 nitrogen and oxygen atoms in total. The van der Waals surface area contributed by atoms with E-state index in [1.54, 1.807) is 11.2 Å². The van der Waals surface area contributed by atoms with Gasteiger partial charge in [-0.25, -0.2) is 14.8 Å². The standard InChI is InChI=1S/C46H50N10O4/c1-27-22-31(7-12-35(27)28(2)49-42(58)43-52-44(53-60-43)46(3,4)5)40-39-36-13-6-30(23-37(36)50-41(39)48-26-47-40)32-16-18-54(25-32)24-29-14-19-55(20-15-29)33-8-10-34(11-9-33)56-21-17-38(57)51-45(56)59/h6-13,16,22-23,26,28-29H,14-15,17-21,24-25H2,1-5H3,(H,49,58)(H,47,48,50)(H,51,57,59)/t28-/m1/s1. The molecule has 0 unspecified atom stereocenters. The molecule has 2 fully saturated rings. The maximum atomic E-state index is 13.0. The smallest absolute Gasteiger partial charge is 0.328 e. The molecular formula is C46H50N10O4. The van der Waals surface area contributed by atoms with E-state index in [1.165, 1.54) is 16.8 Å². The highest BCUT2D eigenvalue weighted by Crippen LogP contribution is 2.36. The third-order valence-electron chi connectivity index (χ3n) is 12.1. The van der Waals surface area contributed by atoms with Crippen LogP contribution >= 0.6 is 0 Å². The first-order valence-corrected chi connectivity index (χ1v) is 20.8. The van der Waals surface area contributed by atoms with Crippen LogP contribution in [0.3, 0.4) is 0 Å². The minimum absolute atomic E-state index is 0.0459. The van der Waals surface area contributed by atoms with Crippen molar-refractivity contribution in [2.45, 2.75) is 65.3 Å². The lowest BCUT2D eigenvalue weighted by atomic mass is 9.95. The Kier molecular flexibility index (Phi) is 10.2. The monoisotopic (exact) mass is 806 g/mol. The number of fused-ring (bicyclic) bond motifs is 3. The zero-order valence-electron chi connectivity index (χ0n) is 34.7. The molecule has 0 spiro atoms. The van der Waals surface area contributed by atoms with Crippen molar-refractivity contribution < 1.29 is 18.9 Å². The first kappa shape index (κ1) is 39.1. The fourth-order valence-electron chi connectivity index (χ4n) is 8.76. The van der Waals surface area contributed by atoms with Gasteiger partial charge in [-0.05, 0) is 91.3 Å². The summed E-state index contributed by atoms with van der Waals surface area (Å²) in [5.74, 6) is 0.447. The van der Waals surface area contributed by atoms with Crippen LogP contribution in [-0.4, -0.2) is 87.1 Å². The topological polar surface area (TPSA) is 165 Å². The predicted octanol–water partition coefficient (Wildman–Crippen LogP) is 7.32. The van der Waals surface area contributed by atoms with Crippen LogP contribution in [0.5, 0.6) is 0 Å². The summed E-state index contributed by atoms with van der Waals surface area (Å²) in [6, 6.07) is 20.3. The number of aromatic nitrogens is 5.